The SMILES string of the molecule is CC(C(=O)NCCc1ccc(S(N)(=O)=O)cc1)n1nc2c(cc1=O)CCC2. The Morgan fingerprint density at radius 1 is 1.30 bits per heavy atom. The molecule has 1 aliphatic carbocycles. The third-order valence-electron chi connectivity index (χ3n) is 4.69. The minimum Gasteiger partial charge on any atom is -0.354 e. The zero-order chi connectivity index (χ0) is 19.6. The van der Waals surface area contributed by atoms with Crippen molar-refractivity contribution in [2.75, 3.05) is 6.54 Å². The number of hydrogen-bond donors (Lipinski definition) is 2. The quantitative estimate of drug-likeness (QED) is 0.734. The van der Waals surface area contributed by atoms with Gasteiger partial charge in [0, 0.05) is 12.6 Å². The molecule has 1 aromatic heterocycles. The Balaban J connectivity index is 1.59. The zero-order valence-corrected chi connectivity index (χ0v) is 15.8. The van der Waals surface area contributed by atoms with Crippen LogP contribution in [0.15, 0.2) is 40.0 Å². The monoisotopic (exact) mass is 390 g/mol. The van der Waals surface area contributed by atoms with Crippen molar-refractivity contribution in [3.05, 3.63) is 57.5 Å². The second-order valence-electron chi connectivity index (χ2n) is 6.66. The summed E-state index contributed by atoms with van der Waals surface area (Å²) in [7, 11) is -3.71. The van der Waals surface area contributed by atoms with Crippen molar-refractivity contribution >= 4 is 15.9 Å². The summed E-state index contributed by atoms with van der Waals surface area (Å²) < 4.78 is 23.7. The van der Waals surface area contributed by atoms with Crippen LogP contribution in [0, 0.1) is 0 Å². The number of fused-ring (bicyclic) bond motifs is 1. The maximum Gasteiger partial charge on any atom is 0.267 e. The van der Waals surface area contributed by atoms with Crippen molar-refractivity contribution < 1.29 is 13.2 Å². The summed E-state index contributed by atoms with van der Waals surface area (Å²) in [6.07, 6.45) is 3.20. The largest absolute Gasteiger partial charge is 0.354 e. The highest BCUT2D eigenvalue weighted by Gasteiger charge is 2.21. The van der Waals surface area contributed by atoms with Gasteiger partial charge in [-0.1, -0.05) is 12.1 Å². The summed E-state index contributed by atoms with van der Waals surface area (Å²) in [5.41, 5.74) is 2.47. The fourth-order valence-corrected chi connectivity index (χ4v) is 3.64. The van der Waals surface area contributed by atoms with Gasteiger partial charge < -0.3 is 5.32 Å². The minimum absolute atomic E-state index is 0.0472. The van der Waals surface area contributed by atoms with Gasteiger partial charge in [0.25, 0.3) is 5.56 Å². The van der Waals surface area contributed by atoms with Crippen molar-refractivity contribution in [1.82, 2.24) is 15.1 Å². The number of nitrogens with two attached hydrogens (primary N) is 1. The average molecular weight is 390 g/mol. The van der Waals surface area contributed by atoms with Gasteiger partial charge in [-0.05, 0) is 55.9 Å². The lowest BCUT2D eigenvalue weighted by Gasteiger charge is -2.15. The number of carbonyl (C=O) groups excluding carboxylic acids is 1. The molecule has 0 radical (unpaired) electrons. The van der Waals surface area contributed by atoms with Crippen LogP contribution in [-0.4, -0.2) is 30.7 Å². The smallest absolute Gasteiger partial charge is 0.267 e. The number of amides is 1. The van der Waals surface area contributed by atoms with Crippen LogP contribution in [0.25, 0.3) is 0 Å². The molecule has 0 spiro atoms. The van der Waals surface area contributed by atoms with Crippen LogP contribution < -0.4 is 16.0 Å². The van der Waals surface area contributed by atoms with Gasteiger partial charge in [0.05, 0.1) is 10.6 Å². The van der Waals surface area contributed by atoms with Crippen LogP contribution in [0.1, 0.15) is 36.2 Å². The second-order valence-corrected chi connectivity index (χ2v) is 8.22. The van der Waals surface area contributed by atoms with E-state index in [1.807, 2.05) is 0 Å². The molecule has 9 heteroatoms. The van der Waals surface area contributed by atoms with Gasteiger partial charge in [-0.3, -0.25) is 9.59 Å². The highest BCUT2D eigenvalue weighted by atomic mass is 32.2. The molecule has 1 aliphatic rings. The molecule has 1 aromatic carbocycles. The molecule has 1 atom stereocenters. The van der Waals surface area contributed by atoms with Gasteiger partial charge in [0.1, 0.15) is 6.04 Å². The number of nitrogens with zero attached hydrogens (tertiary/aromatic N) is 2. The average Bonchev–Trinajstić information content (AvgIpc) is 3.07. The topological polar surface area (TPSA) is 124 Å². The van der Waals surface area contributed by atoms with Gasteiger partial charge in [-0.2, -0.15) is 5.10 Å². The fraction of sp³-hybridized carbons (Fsp3) is 0.389. The molecule has 3 N–H and O–H groups in total. The van der Waals surface area contributed by atoms with Gasteiger partial charge >= 0.3 is 0 Å². The molecule has 0 saturated carbocycles. The van der Waals surface area contributed by atoms with E-state index >= 15 is 0 Å². The number of rotatable bonds is 6. The first-order valence-electron chi connectivity index (χ1n) is 8.77. The lowest BCUT2D eigenvalue weighted by atomic mass is 10.1. The van der Waals surface area contributed by atoms with Crippen molar-refractivity contribution in [3.63, 3.8) is 0 Å². The maximum absolute atomic E-state index is 12.4. The summed E-state index contributed by atoms with van der Waals surface area (Å²) in [5.74, 6) is -0.288. The zero-order valence-electron chi connectivity index (χ0n) is 15.0. The molecule has 0 bridgehead atoms. The van der Waals surface area contributed by atoms with Crippen molar-refractivity contribution in [3.8, 4) is 0 Å². The molecule has 3 rings (SSSR count). The Hall–Kier alpha value is -2.52. The molecular formula is C18H22N4O4S. The van der Waals surface area contributed by atoms with Gasteiger partial charge in [-0.25, -0.2) is 18.2 Å². The first-order valence-corrected chi connectivity index (χ1v) is 10.3. The van der Waals surface area contributed by atoms with E-state index in [9.17, 15) is 18.0 Å². The molecule has 8 nitrogen and oxygen atoms in total. The number of aryl methyl sites for hydroxylation is 2. The van der Waals surface area contributed by atoms with Crippen molar-refractivity contribution in [2.45, 2.75) is 43.5 Å². The summed E-state index contributed by atoms with van der Waals surface area (Å²) in [5, 5.41) is 12.2. The molecule has 1 heterocycles. The number of hydrogen-bond acceptors (Lipinski definition) is 5. The Bertz CT molecular complexity index is 1010. The van der Waals surface area contributed by atoms with Crippen LogP contribution in [0.2, 0.25) is 0 Å². The Morgan fingerprint density at radius 2 is 2.00 bits per heavy atom. The molecule has 144 valence electrons. The van der Waals surface area contributed by atoms with Gasteiger partial charge in [0.2, 0.25) is 15.9 Å². The maximum atomic E-state index is 12.4. The van der Waals surface area contributed by atoms with Crippen LogP contribution >= 0.6 is 0 Å². The molecule has 2 aromatic rings. The van der Waals surface area contributed by atoms with E-state index in [4.69, 9.17) is 5.14 Å². The predicted octanol–water partition coefficient (Wildman–Crippen LogP) is 0.299. The second kappa shape index (κ2) is 7.61. The Labute approximate surface area is 157 Å². The van der Waals surface area contributed by atoms with E-state index in [-0.39, 0.29) is 16.4 Å². The molecule has 0 saturated heterocycles. The van der Waals surface area contributed by atoms with Crippen LogP contribution in [0.5, 0.6) is 0 Å². The Morgan fingerprint density at radius 3 is 2.67 bits per heavy atom. The highest BCUT2D eigenvalue weighted by Crippen LogP contribution is 2.18. The van der Waals surface area contributed by atoms with Crippen molar-refractivity contribution in [1.29, 1.82) is 0 Å². The molecule has 1 unspecified atom stereocenters. The summed E-state index contributed by atoms with van der Waals surface area (Å²) in [6.45, 7) is 2.00. The normalized spacial score (nSPS) is 14.6. The van der Waals surface area contributed by atoms with Gasteiger partial charge in [-0.15, -0.1) is 0 Å². The number of aromatic nitrogens is 2. The Kier molecular flexibility index (Phi) is 5.43. The standard InChI is InChI=1S/C18H22N4O4S/c1-12(22-17(23)11-14-3-2-4-16(14)21-22)18(24)20-10-9-13-5-7-15(8-6-13)27(19,25)26/h5-8,11-12H,2-4,9-10H2,1H3,(H,20,24)(H2,19,25,26). The minimum atomic E-state index is -3.71. The molecule has 1 amide bonds. The van der Waals surface area contributed by atoms with E-state index in [2.05, 4.69) is 10.4 Å². The third-order valence-corrected chi connectivity index (χ3v) is 5.62. The van der Waals surface area contributed by atoms with Crippen LogP contribution in [-0.2, 0) is 34.1 Å². The first kappa shape index (κ1) is 19.2. The van der Waals surface area contributed by atoms with E-state index in [1.165, 1.54) is 16.8 Å². The number of benzene rings is 1. The number of nitrogens with one attached hydrogen (secondary N) is 1. The fourth-order valence-electron chi connectivity index (χ4n) is 3.13. The predicted molar refractivity (Wildman–Crippen MR) is 99.8 cm³/mol. The van der Waals surface area contributed by atoms with E-state index in [0.29, 0.717) is 13.0 Å². The van der Waals surface area contributed by atoms with Gasteiger partial charge in [0.15, 0.2) is 0 Å². The third kappa shape index (κ3) is 4.42. The van der Waals surface area contributed by atoms with Crippen LogP contribution in [0.3, 0.4) is 0 Å². The molecule has 0 aliphatic heterocycles. The lowest BCUT2D eigenvalue weighted by Crippen LogP contribution is -2.38. The summed E-state index contributed by atoms with van der Waals surface area (Å²) in [6, 6.07) is 7.05. The summed E-state index contributed by atoms with van der Waals surface area (Å²) in [4.78, 5) is 24.6. The van der Waals surface area contributed by atoms with E-state index in [0.717, 1.165) is 36.1 Å². The van der Waals surface area contributed by atoms with E-state index < -0.39 is 16.1 Å². The summed E-state index contributed by atoms with van der Waals surface area (Å²) >= 11 is 0. The first-order chi connectivity index (χ1) is 12.8. The highest BCUT2D eigenvalue weighted by molar-refractivity contribution is 7.89. The molecule has 27 heavy (non-hydrogen) atoms. The molecular weight excluding hydrogens is 368 g/mol. The lowest BCUT2D eigenvalue weighted by molar-refractivity contribution is -0.124. The number of sulfonamides is 1. The number of primary sulfonamides is 1. The molecule has 0 fully saturated rings. The van der Waals surface area contributed by atoms with E-state index in [1.54, 1.807) is 25.1 Å². The number of carbonyl (C=O) groups is 1. The van der Waals surface area contributed by atoms with Crippen LogP contribution in [0.4, 0.5) is 0 Å². The van der Waals surface area contributed by atoms with Crippen molar-refractivity contribution in [2.24, 2.45) is 5.14 Å².